The Morgan fingerprint density at radius 2 is 0.956 bits per heavy atom. The van der Waals surface area contributed by atoms with E-state index in [4.69, 9.17) is 80.5 Å². The largest absolute Gasteiger partial charge is 1.00 e. The molecule has 45 heavy (non-hydrogen) atoms. The summed E-state index contributed by atoms with van der Waals surface area (Å²) < 4.78 is 8.77. The normalized spacial score (nSPS) is 14.3. The van der Waals surface area contributed by atoms with Crippen LogP contribution >= 0.6 is 7.82 Å². The van der Waals surface area contributed by atoms with E-state index < -0.39 is 112 Å². The van der Waals surface area contributed by atoms with Crippen molar-refractivity contribution in [1.82, 2.24) is 0 Å². The second kappa shape index (κ2) is 26.4. The van der Waals surface area contributed by atoms with Crippen LogP contribution in [0.15, 0.2) is 0 Å². The maximum absolute atomic E-state index is 10.3. The Bertz CT molecular complexity index is 906. The molecule has 0 fully saturated rings. The number of aliphatic hydroxyl groups is 7. The molecule has 14 N–H and O–H groups in total. The molecule has 5 atom stereocenters. The molecule has 0 aliphatic rings. The van der Waals surface area contributed by atoms with Gasteiger partial charge in [-0.15, -0.1) is 0 Å². The van der Waals surface area contributed by atoms with Crippen molar-refractivity contribution in [2.75, 3.05) is 6.61 Å². The summed E-state index contributed by atoms with van der Waals surface area (Å²) >= 11 is 0. The van der Waals surface area contributed by atoms with E-state index in [0.29, 0.717) is 0 Å². The Hall–Kier alpha value is -1.68. The van der Waals surface area contributed by atoms with Crippen molar-refractivity contribution in [2.45, 2.75) is 61.3 Å². The molecule has 0 aromatic rings. The summed E-state index contributed by atoms with van der Waals surface area (Å²) in [5, 5.41) is 113. The summed E-state index contributed by atoms with van der Waals surface area (Å²) in [6, 6.07) is 0. The molecule has 0 aliphatic carbocycles. The van der Waals surface area contributed by atoms with Crippen LogP contribution < -0.4 is 69.1 Å². The van der Waals surface area contributed by atoms with Crippen LogP contribution in [0.4, 0.5) is 0 Å². The van der Waals surface area contributed by atoms with E-state index in [-0.39, 0.29) is 65.4 Å². The topological polar surface area (TPSA) is 466 Å². The molecule has 252 valence electrons. The van der Waals surface area contributed by atoms with Crippen molar-refractivity contribution in [3.05, 3.63) is 0 Å². The zero-order chi connectivity index (χ0) is 35.5. The fourth-order valence-electron chi connectivity index (χ4n) is 2.03. The molecule has 24 nitrogen and oxygen atoms in total. The van der Waals surface area contributed by atoms with Crippen LogP contribution in [0.3, 0.4) is 0 Å². The molecule has 0 bridgehead atoms. The summed E-state index contributed by atoms with van der Waals surface area (Å²) in [5.74, 6) is -10.4. The molecule has 5 unspecified atom stereocenters. The first-order chi connectivity index (χ1) is 19.1. The Balaban J connectivity index is -0.000000115. The first kappa shape index (κ1) is 55.7. The third kappa shape index (κ3) is 32.1. The fraction of sp³-hybridized carbons (Fsp3) is 0.611. The third-order valence-corrected chi connectivity index (χ3v) is 3.98. The monoisotopic (exact) mass is 706 g/mol. The van der Waals surface area contributed by atoms with E-state index in [9.17, 15) is 38.7 Å². The molecular weight excluding hydrogens is 677 g/mol. The van der Waals surface area contributed by atoms with E-state index in [0.717, 1.165) is 0 Å². The Kier molecular flexibility index (Phi) is 32.7. The maximum atomic E-state index is 10.3. The summed E-state index contributed by atoms with van der Waals surface area (Å²) in [7, 11) is -4.89. The SMILES string of the molecule is O=C(O)CC(O)(CC(=O)O)C(=O)O.O=C([O-])CC(O)(CC(=O)O)C(=O)O.O=CC(O)C(O)C(O)C(O)CO.O=P([O-])(O)O.[Na+].[Na+]. The van der Waals surface area contributed by atoms with Gasteiger partial charge in [0.1, 0.15) is 24.4 Å². The minimum atomic E-state index is -4.89. The van der Waals surface area contributed by atoms with Gasteiger partial charge >= 0.3 is 89.0 Å². The molecule has 0 aromatic heterocycles. The Morgan fingerprint density at radius 1 is 0.689 bits per heavy atom. The van der Waals surface area contributed by atoms with Gasteiger partial charge in [0, 0.05) is 12.4 Å². The van der Waals surface area contributed by atoms with Gasteiger partial charge in [0.25, 0.3) is 7.82 Å². The van der Waals surface area contributed by atoms with Gasteiger partial charge in [0.15, 0.2) is 17.5 Å². The second-order valence-corrected chi connectivity index (χ2v) is 8.76. The minimum absolute atomic E-state index is 0. The smallest absolute Gasteiger partial charge is 0.756 e. The van der Waals surface area contributed by atoms with E-state index >= 15 is 0 Å². The number of hydrogen-bond acceptors (Lipinski definition) is 17. The van der Waals surface area contributed by atoms with E-state index in [1.54, 1.807) is 0 Å². The van der Waals surface area contributed by atoms with Crippen LogP contribution in [0, 0.1) is 0 Å². The molecule has 0 heterocycles. The second-order valence-electron chi connectivity index (χ2n) is 7.78. The van der Waals surface area contributed by atoms with E-state index in [1.807, 2.05) is 0 Å². The third-order valence-electron chi connectivity index (χ3n) is 3.98. The number of aliphatic carboxylic acids is 6. The van der Waals surface area contributed by atoms with Gasteiger partial charge < -0.3 is 90.7 Å². The number of phosphoric acid groups is 1. The van der Waals surface area contributed by atoms with Crippen molar-refractivity contribution in [1.29, 1.82) is 0 Å². The van der Waals surface area contributed by atoms with Gasteiger partial charge in [0.2, 0.25) is 0 Å². The maximum Gasteiger partial charge on any atom is 1.00 e. The average Bonchev–Trinajstić information content (AvgIpc) is 2.79. The van der Waals surface area contributed by atoms with Gasteiger partial charge in [0.05, 0.1) is 25.9 Å². The zero-order valence-electron chi connectivity index (χ0n) is 23.2. The van der Waals surface area contributed by atoms with Crippen molar-refractivity contribution in [2.24, 2.45) is 0 Å². The van der Waals surface area contributed by atoms with Crippen molar-refractivity contribution >= 4 is 49.9 Å². The van der Waals surface area contributed by atoms with Gasteiger partial charge in [-0.2, -0.15) is 0 Å². The number of aliphatic hydroxyl groups excluding tert-OH is 5. The molecule has 0 aliphatic heterocycles. The Labute approximate surface area is 294 Å². The van der Waals surface area contributed by atoms with Gasteiger partial charge in [-0.1, -0.05) is 0 Å². The molecule has 0 amide bonds. The molecule has 0 saturated heterocycles. The van der Waals surface area contributed by atoms with E-state index in [2.05, 4.69) is 0 Å². The Morgan fingerprint density at radius 3 is 1.13 bits per heavy atom. The standard InChI is InChI=1S/2C6H8O7.C6H12O6.2Na.H3O4P/c2*7-3(8)1-6(13,5(11)12)2-4(9)10;7-1-3(9)5(11)6(12)4(10)2-8;;;1-5(2,3)4/h2*13H,1-2H2,(H,7,8)(H,9,10)(H,11,12);1,3-6,8-12H,2H2;;;(H3,1,2,3,4)/q;;;2*+1;/p-2. The summed E-state index contributed by atoms with van der Waals surface area (Å²) in [6.07, 6.45) is -11.6. The number of rotatable bonds is 15. The minimum Gasteiger partial charge on any atom is -0.756 e. The molecule has 0 aromatic carbocycles. The van der Waals surface area contributed by atoms with Crippen LogP contribution in [0.25, 0.3) is 0 Å². The van der Waals surface area contributed by atoms with Crippen LogP contribution in [0.5, 0.6) is 0 Å². The molecule has 0 saturated carbocycles. The first-order valence-corrected chi connectivity index (χ1v) is 11.9. The number of carboxylic acids is 6. The van der Waals surface area contributed by atoms with Crippen LogP contribution in [-0.4, -0.2) is 155 Å². The summed E-state index contributed by atoms with van der Waals surface area (Å²) in [5.41, 5.74) is -5.54. The van der Waals surface area contributed by atoms with Crippen LogP contribution in [0.1, 0.15) is 25.7 Å². The molecular formula is C18H29Na2O24P. The predicted octanol–water partition coefficient (Wildman–Crippen LogP) is -14.8. The number of carbonyl (C=O) groups excluding carboxylic acids is 2. The number of carbonyl (C=O) groups is 7. The molecule has 0 spiro atoms. The summed E-state index contributed by atoms with van der Waals surface area (Å²) in [6.45, 7) is -0.760. The predicted molar refractivity (Wildman–Crippen MR) is 121 cm³/mol. The van der Waals surface area contributed by atoms with Gasteiger partial charge in [-0.3, -0.25) is 18.9 Å². The first-order valence-electron chi connectivity index (χ1n) is 10.4. The zero-order valence-corrected chi connectivity index (χ0v) is 28.1. The number of aldehydes is 1. The van der Waals surface area contributed by atoms with Gasteiger partial charge in [-0.05, 0) is 0 Å². The van der Waals surface area contributed by atoms with E-state index in [1.165, 1.54) is 0 Å². The summed E-state index contributed by atoms with van der Waals surface area (Å²) in [4.78, 5) is 93.6. The molecule has 0 rings (SSSR count). The van der Waals surface area contributed by atoms with Crippen LogP contribution in [-0.2, 0) is 38.1 Å². The number of hydrogen-bond donors (Lipinski definition) is 14. The van der Waals surface area contributed by atoms with Gasteiger partial charge in [-0.25, -0.2) is 9.59 Å². The average molecular weight is 706 g/mol. The molecule has 27 heteroatoms. The molecule has 0 radical (unpaired) electrons. The quantitative estimate of drug-likeness (QED) is 0.0427. The van der Waals surface area contributed by atoms with Crippen molar-refractivity contribution in [3.8, 4) is 0 Å². The van der Waals surface area contributed by atoms with Crippen molar-refractivity contribution < 1.29 is 178 Å². The fourth-order valence-corrected chi connectivity index (χ4v) is 2.03. The number of carboxylic acid groups (broad SMARTS) is 6. The van der Waals surface area contributed by atoms with Crippen molar-refractivity contribution in [3.63, 3.8) is 0 Å². The van der Waals surface area contributed by atoms with Crippen LogP contribution in [0.2, 0.25) is 0 Å².